The molecule has 2 saturated heterocycles. The highest BCUT2D eigenvalue weighted by Crippen LogP contribution is 2.31. The molecular formula is C33H36N8O6. The normalized spacial score (nSPS) is 18.3. The van der Waals surface area contributed by atoms with Crippen LogP contribution in [0.2, 0.25) is 0 Å². The molecule has 2 aliphatic heterocycles. The summed E-state index contributed by atoms with van der Waals surface area (Å²) in [5.41, 5.74) is 2.79. The summed E-state index contributed by atoms with van der Waals surface area (Å²) in [5, 5.41) is 13.7. The van der Waals surface area contributed by atoms with Crippen LogP contribution in [-0.4, -0.2) is 91.1 Å². The molecule has 2 aromatic heterocycles. The summed E-state index contributed by atoms with van der Waals surface area (Å²) >= 11 is 0. The zero-order valence-electron chi connectivity index (χ0n) is 26.3. The number of nitrogens with zero attached hydrogens (tertiary/aromatic N) is 4. The fraction of sp³-hybridized carbons (Fsp3) is 0.394. The maximum absolute atomic E-state index is 12.9. The first kappa shape index (κ1) is 32.6. The van der Waals surface area contributed by atoms with E-state index in [-0.39, 0.29) is 23.9 Å². The van der Waals surface area contributed by atoms with Crippen molar-refractivity contribution in [2.24, 2.45) is 0 Å². The standard InChI is InChI=1S/C33H36N8O6/c1-20(36-32(44)45)30(42)40-16-4-6-26(40)28-34-18-24(38-28)14-12-22-8-10-23(11-9-22)13-15-25-19-35-29(39-25)27-7-5-17-41(27)31(43)21(2)37-33(46)47-3/h8-11,18-21,26-27,36H,4-7,16-17H2,1-3H3,(H,34,38)(H,35,39)(H,37,46)(H,44,45)/t20-,21-,26-,27-/m0/s1. The zero-order valence-corrected chi connectivity index (χ0v) is 26.3. The van der Waals surface area contributed by atoms with E-state index < -0.39 is 24.3 Å². The third-order valence-corrected chi connectivity index (χ3v) is 8.06. The fourth-order valence-electron chi connectivity index (χ4n) is 5.73. The summed E-state index contributed by atoms with van der Waals surface area (Å²) in [6.07, 6.45) is 4.48. The largest absolute Gasteiger partial charge is 0.465 e. The molecule has 4 atom stereocenters. The van der Waals surface area contributed by atoms with Crippen LogP contribution in [0.4, 0.5) is 9.59 Å². The van der Waals surface area contributed by atoms with Crippen LogP contribution < -0.4 is 10.6 Å². The van der Waals surface area contributed by atoms with Gasteiger partial charge in [0.25, 0.3) is 0 Å². The summed E-state index contributed by atoms with van der Waals surface area (Å²) in [6, 6.07) is 5.41. The van der Waals surface area contributed by atoms with Gasteiger partial charge in [-0.1, -0.05) is 11.8 Å². The number of carbonyl (C=O) groups excluding carboxylic acids is 3. The molecule has 4 amide bonds. The van der Waals surface area contributed by atoms with Gasteiger partial charge in [0.05, 0.1) is 31.6 Å². The molecule has 14 heteroatoms. The molecule has 0 radical (unpaired) electrons. The fourth-order valence-corrected chi connectivity index (χ4v) is 5.73. The van der Waals surface area contributed by atoms with Gasteiger partial charge in [-0.2, -0.15) is 0 Å². The summed E-state index contributed by atoms with van der Waals surface area (Å²) < 4.78 is 4.60. The maximum Gasteiger partial charge on any atom is 0.407 e. The van der Waals surface area contributed by atoms with Crippen molar-refractivity contribution >= 4 is 24.0 Å². The minimum Gasteiger partial charge on any atom is -0.465 e. The Labute approximate surface area is 271 Å². The summed E-state index contributed by atoms with van der Waals surface area (Å²) in [6.45, 7) is 4.26. The number of nitrogens with one attached hydrogen (secondary N) is 4. The molecule has 0 saturated carbocycles. The van der Waals surface area contributed by atoms with E-state index in [9.17, 15) is 19.2 Å². The summed E-state index contributed by atoms with van der Waals surface area (Å²) in [4.78, 5) is 66.9. The number of rotatable bonds is 6. The molecule has 0 spiro atoms. The van der Waals surface area contributed by atoms with Crippen LogP contribution in [0.15, 0.2) is 36.7 Å². The molecule has 2 fully saturated rings. The van der Waals surface area contributed by atoms with E-state index in [0.717, 1.165) is 36.8 Å². The summed E-state index contributed by atoms with van der Waals surface area (Å²) in [7, 11) is 1.25. The predicted molar refractivity (Wildman–Crippen MR) is 169 cm³/mol. The van der Waals surface area contributed by atoms with Crippen LogP contribution in [0.3, 0.4) is 0 Å². The minimum absolute atomic E-state index is 0.201. The smallest absolute Gasteiger partial charge is 0.407 e. The number of hydrogen-bond acceptors (Lipinski definition) is 7. The molecule has 0 aliphatic carbocycles. The van der Waals surface area contributed by atoms with Crippen LogP contribution in [0, 0.1) is 23.7 Å². The van der Waals surface area contributed by atoms with Gasteiger partial charge in [0.15, 0.2) is 0 Å². The molecule has 3 aromatic rings. The van der Waals surface area contributed by atoms with Gasteiger partial charge in [0, 0.05) is 24.2 Å². The van der Waals surface area contributed by atoms with E-state index in [1.807, 2.05) is 24.3 Å². The number of hydrogen-bond donors (Lipinski definition) is 5. The van der Waals surface area contributed by atoms with Crippen LogP contribution in [-0.2, 0) is 14.3 Å². The minimum atomic E-state index is -1.24. The molecule has 1 aromatic carbocycles. The number of carbonyl (C=O) groups is 4. The van der Waals surface area contributed by atoms with Crippen molar-refractivity contribution < 1.29 is 29.0 Å². The van der Waals surface area contributed by atoms with E-state index in [0.29, 0.717) is 36.1 Å². The van der Waals surface area contributed by atoms with Gasteiger partial charge in [-0.25, -0.2) is 19.6 Å². The highest BCUT2D eigenvalue weighted by atomic mass is 16.5. The molecular weight excluding hydrogens is 604 g/mol. The lowest BCUT2D eigenvalue weighted by Crippen LogP contribution is -2.46. The second-order valence-electron chi connectivity index (χ2n) is 11.3. The van der Waals surface area contributed by atoms with Gasteiger partial charge in [0.2, 0.25) is 11.8 Å². The number of amides is 4. The Morgan fingerprint density at radius 1 is 0.809 bits per heavy atom. The van der Waals surface area contributed by atoms with Crippen molar-refractivity contribution in [1.82, 2.24) is 40.4 Å². The molecule has 5 N–H and O–H groups in total. The predicted octanol–water partition coefficient (Wildman–Crippen LogP) is 2.66. The van der Waals surface area contributed by atoms with Gasteiger partial charge in [-0.3, -0.25) is 9.59 Å². The molecule has 0 bridgehead atoms. The maximum atomic E-state index is 12.9. The second-order valence-corrected chi connectivity index (χ2v) is 11.3. The topological polar surface area (TPSA) is 186 Å². The average molecular weight is 641 g/mol. The third-order valence-electron chi connectivity index (χ3n) is 8.06. The Balaban J connectivity index is 1.18. The number of aromatic amines is 2. The number of H-pyrrole nitrogens is 2. The Bertz CT molecular complexity index is 1760. The number of ether oxygens (including phenoxy) is 1. The quantitative estimate of drug-likeness (QED) is 0.255. The number of aromatic nitrogens is 4. The van der Waals surface area contributed by atoms with E-state index in [2.05, 4.69) is 59.0 Å². The molecule has 2 aliphatic rings. The number of imidazole rings is 2. The summed E-state index contributed by atoms with van der Waals surface area (Å²) in [5.74, 6) is 13.2. The van der Waals surface area contributed by atoms with E-state index in [1.54, 1.807) is 29.1 Å². The number of methoxy groups -OCH3 is 1. The van der Waals surface area contributed by atoms with Crippen molar-refractivity contribution in [2.75, 3.05) is 20.2 Å². The Morgan fingerprint density at radius 3 is 1.68 bits per heavy atom. The SMILES string of the molecule is COC(=O)N[C@@H](C)C(=O)N1CCC[C@H]1c1ncc(C#Cc2ccc(C#Cc3cnc([C@@H]4CCCN4C(=O)[C@H](C)NC(=O)O)[nH]3)cc2)[nH]1. The average Bonchev–Trinajstić information content (AvgIpc) is 3.88. The van der Waals surface area contributed by atoms with Crippen LogP contribution >= 0.6 is 0 Å². The number of alkyl carbamates (subject to hydrolysis) is 1. The van der Waals surface area contributed by atoms with E-state index in [4.69, 9.17) is 5.11 Å². The molecule has 0 unspecified atom stereocenters. The number of benzene rings is 1. The molecule has 5 rings (SSSR count). The van der Waals surface area contributed by atoms with Crippen molar-refractivity contribution in [2.45, 2.75) is 63.7 Å². The van der Waals surface area contributed by atoms with E-state index >= 15 is 0 Å². The Kier molecular flexibility index (Phi) is 10.1. The second kappa shape index (κ2) is 14.6. The Morgan fingerprint density at radius 2 is 1.26 bits per heavy atom. The lowest BCUT2D eigenvalue weighted by atomic mass is 10.1. The first-order valence-corrected chi connectivity index (χ1v) is 15.3. The number of carboxylic acid groups (broad SMARTS) is 1. The lowest BCUT2D eigenvalue weighted by molar-refractivity contribution is -0.134. The molecule has 47 heavy (non-hydrogen) atoms. The van der Waals surface area contributed by atoms with Crippen molar-refractivity contribution in [3.63, 3.8) is 0 Å². The van der Waals surface area contributed by atoms with Crippen LogP contribution in [0.25, 0.3) is 0 Å². The van der Waals surface area contributed by atoms with Crippen LogP contribution in [0.1, 0.15) is 85.8 Å². The monoisotopic (exact) mass is 640 g/mol. The first-order chi connectivity index (χ1) is 22.6. The third kappa shape index (κ3) is 7.91. The van der Waals surface area contributed by atoms with Gasteiger partial charge in [-0.15, -0.1) is 0 Å². The van der Waals surface area contributed by atoms with Gasteiger partial charge >= 0.3 is 12.2 Å². The lowest BCUT2D eigenvalue weighted by Gasteiger charge is -2.26. The van der Waals surface area contributed by atoms with Gasteiger partial charge in [0.1, 0.15) is 35.1 Å². The van der Waals surface area contributed by atoms with Gasteiger partial charge < -0.3 is 40.2 Å². The van der Waals surface area contributed by atoms with E-state index in [1.165, 1.54) is 14.0 Å². The zero-order chi connectivity index (χ0) is 33.5. The highest BCUT2D eigenvalue weighted by Gasteiger charge is 2.35. The van der Waals surface area contributed by atoms with Crippen molar-refractivity contribution in [1.29, 1.82) is 0 Å². The Hall–Kier alpha value is -5.76. The van der Waals surface area contributed by atoms with Crippen molar-refractivity contribution in [3.05, 3.63) is 70.8 Å². The first-order valence-electron chi connectivity index (χ1n) is 15.3. The highest BCUT2D eigenvalue weighted by molar-refractivity contribution is 5.86. The molecule has 4 heterocycles. The number of likely N-dealkylation sites (tertiary alicyclic amines) is 2. The van der Waals surface area contributed by atoms with Crippen LogP contribution in [0.5, 0.6) is 0 Å². The molecule has 14 nitrogen and oxygen atoms in total. The molecule has 244 valence electrons. The van der Waals surface area contributed by atoms with Crippen molar-refractivity contribution in [3.8, 4) is 23.7 Å². The van der Waals surface area contributed by atoms with Gasteiger partial charge in [-0.05, 0) is 75.6 Å².